The summed E-state index contributed by atoms with van der Waals surface area (Å²) in [4.78, 5) is 24.6. The van der Waals surface area contributed by atoms with E-state index in [9.17, 15) is 22.8 Å². The second-order valence-corrected chi connectivity index (χ2v) is 4.40. The number of carbonyl (C=O) groups excluding carboxylic acids is 2. The first-order chi connectivity index (χ1) is 9.22. The fourth-order valence-corrected chi connectivity index (χ4v) is 2.15. The standard InChI is InChI=1S/C12H12F3N3O2/c1-17-9(19)16-11(12(13,14)15,18(2)10(17)20)8-6-4-3-5-7-8/h3-7H,1-2H3,(H,16,19)/t11-/m0/s1. The van der Waals surface area contributed by atoms with Crippen LogP contribution in [-0.4, -0.2) is 42.1 Å². The minimum atomic E-state index is -4.87. The van der Waals surface area contributed by atoms with Gasteiger partial charge in [0.2, 0.25) is 5.66 Å². The zero-order valence-corrected chi connectivity index (χ0v) is 10.7. The highest BCUT2D eigenvalue weighted by atomic mass is 19.4. The largest absolute Gasteiger partial charge is 0.435 e. The number of rotatable bonds is 1. The van der Waals surface area contributed by atoms with Gasteiger partial charge in [0.1, 0.15) is 0 Å². The quantitative estimate of drug-likeness (QED) is 0.860. The molecule has 0 saturated carbocycles. The van der Waals surface area contributed by atoms with Crippen LogP contribution in [-0.2, 0) is 5.66 Å². The fourth-order valence-electron chi connectivity index (χ4n) is 2.15. The number of imide groups is 1. The molecule has 0 spiro atoms. The van der Waals surface area contributed by atoms with Crippen LogP contribution in [0.25, 0.3) is 0 Å². The number of hydrogen-bond acceptors (Lipinski definition) is 2. The Morgan fingerprint density at radius 1 is 1.10 bits per heavy atom. The number of benzene rings is 1. The Morgan fingerprint density at radius 3 is 2.15 bits per heavy atom. The van der Waals surface area contributed by atoms with E-state index < -0.39 is 23.9 Å². The highest BCUT2D eigenvalue weighted by molar-refractivity contribution is 5.96. The number of urea groups is 2. The molecule has 1 saturated heterocycles. The van der Waals surface area contributed by atoms with Crippen LogP contribution in [0.5, 0.6) is 0 Å². The molecule has 1 fully saturated rings. The van der Waals surface area contributed by atoms with Crippen molar-refractivity contribution in [1.82, 2.24) is 15.1 Å². The zero-order chi connectivity index (χ0) is 15.1. The van der Waals surface area contributed by atoms with Gasteiger partial charge in [0.15, 0.2) is 0 Å². The highest BCUT2D eigenvalue weighted by Crippen LogP contribution is 2.43. The summed E-state index contributed by atoms with van der Waals surface area (Å²) in [7, 11) is 2.11. The van der Waals surface area contributed by atoms with Gasteiger partial charge in [-0.3, -0.25) is 4.90 Å². The van der Waals surface area contributed by atoms with E-state index in [0.29, 0.717) is 9.80 Å². The van der Waals surface area contributed by atoms with Gasteiger partial charge in [-0.15, -0.1) is 0 Å². The predicted molar refractivity (Wildman–Crippen MR) is 63.6 cm³/mol. The Morgan fingerprint density at radius 2 is 1.65 bits per heavy atom. The normalized spacial score (nSPS) is 23.9. The van der Waals surface area contributed by atoms with Crippen molar-refractivity contribution in [3.63, 3.8) is 0 Å². The summed E-state index contributed by atoms with van der Waals surface area (Å²) >= 11 is 0. The topological polar surface area (TPSA) is 52.7 Å². The summed E-state index contributed by atoms with van der Waals surface area (Å²) < 4.78 is 40.7. The average molecular weight is 287 g/mol. The van der Waals surface area contributed by atoms with Crippen molar-refractivity contribution in [3.05, 3.63) is 35.9 Å². The lowest BCUT2D eigenvalue weighted by Gasteiger charge is -2.48. The second kappa shape index (κ2) is 4.39. The first-order valence-electron chi connectivity index (χ1n) is 5.67. The van der Waals surface area contributed by atoms with Crippen molar-refractivity contribution in [1.29, 1.82) is 0 Å². The third-order valence-electron chi connectivity index (χ3n) is 3.27. The van der Waals surface area contributed by atoms with E-state index in [1.807, 2.05) is 5.32 Å². The molecular weight excluding hydrogens is 275 g/mol. The van der Waals surface area contributed by atoms with Crippen LogP contribution >= 0.6 is 0 Å². The Bertz CT molecular complexity index is 547. The number of halogens is 3. The third kappa shape index (κ3) is 1.79. The molecule has 20 heavy (non-hydrogen) atoms. The minimum absolute atomic E-state index is 0.232. The SMILES string of the molecule is CN1C(=O)N[C@](c2ccccc2)(C(F)(F)F)N(C)C1=O. The van der Waals surface area contributed by atoms with Crippen molar-refractivity contribution in [2.75, 3.05) is 14.1 Å². The smallest absolute Gasteiger partial charge is 0.303 e. The van der Waals surface area contributed by atoms with Crippen LogP contribution in [0.4, 0.5) is 22.8 Å². The van der Waals surface area contributed by atoms with Crippen molar-refractivity contribution in [2.24, 2.45) is 0 Å². The Labute approximate surface area is 113 Å². The summed E-state index contributed by atoms with van der Waals surface area (Å²) in [5.41, 5.74) is -3.10. The van der Waals surface area contributed by atoms with Crippen molar-refractivity contribution in [3.8, 4) is 0 Å². The molecule has 1 N–H and O–H groups in total. The molecule has 2 rings (SSSR count). The first-order valence-corrected chi connectivity index (χ1v) is 5.67. The molecule has 0 unspecified atom stereocenters. The maximum absolute atomic E-state index is 13.6. The second-order valence-electron chi connectivity index (χ2n) is 4.40. The molecule has 5 nitrogen and oxygen atoms in total. The van der Waals surface area contributed by atoms with Gasteiger partial charge in [-0.1, -0.05) is 30.3 Å². The lowest BCUT2D eigenvalue weighted by molar-refractivity contribution is -0.237. The van der Waals surface area contributed by atoms with Crippen LogP contribution in [0, 0.1) is 0 Å². The molecule has 1 aliphatic rings. The van der Waals surface area contributed by atoms with Gasteiger partial charge in [0, 0.05) is 19.7 Å². The minimum Gasteiger partial charge on any atom is -0.303 e. The van der Waals surface area contributed by atoms with E-state index in [2.05, 4.69) is 0 Å². The Kier molecular flexibility index (Phi) is 3.11. The van der Waals surface area contributed by atoms with Crippen LogP contribution < -0.4 is 5.32 Å². The molecule has 1 aliphatic heterocycles. The lowest BCUT2D eigenvalue weighted by atomic mass is 9.96. The van der Waals surface area contributed by atoms with Gasteiger partial charge in [0.25, 0.3) is 0 Å². The molecule has 0 aromatic heterocycles. The molecule has 1 heterocycles. The average Bonchev–Trinajstić information content (AvgIpc) is 2.40. The molecule has 1 aromatic carbocycles. The van der Waals surface area contributed by atoms with E-state index in [0.717, 1.165) is 14.1 Å². The van der Waals surface area contributed by atoms with Gasteiger partial charge in [0.05, 0.1) is 0 Å². The summed E-state index contributed by atoms with van der Waals surface area (Å²) in [6.45, 7) is 0. The van der Waals surface area contributed by atoms with Crippen LogP contribution in [0.15, 0.2) is 30.3 Å². The molecule has 4 amide bonds. The summed E-state index contributed by atoms with van der Waals surface area (Å²) in [5, 5.41) is 1.88. The van der Waals surface area contributed by atoms with Crippen molar-refractivity contribution < 1.29 is 22.8 Å². The van der Waals surface area contributed by atoms with Gasteiger partial charge in [-0.25, -0.2) is 14.5 Å². The molecule has 1 aromatic rings. The zero-order valence-electron chi connectivity index (χ0n) is 10.7. The highest BCUT2D eigenvalue weighted by Gasteiger charge is 2.64. The first kappa shape index (κ1) is 14.2. The van der Waals surface area contributed by atoms with E-state index in [-0.39, 0.29) is 5.56 Å². The number of nitrogens with zero attached hydrogens (tertiary/aromatic N) is 2. The molecule has 8 heteroatoms. The maximum Gasteiger partial charge on any atom is 0.435 e. The van der Waals surface area contributed by atoms with Gasteiger partial charge in [-0.2, -0.15) is 13.2 Å². The van der Waals surface area contributed by atoms with Gasteiger partial charge < -0.3 is 5.32 Å². The number of amides is 4. The Balaban J connectivity index is 2.66. The third-order valence-corrected chi connectivity index (χ3v) is 3.27. The lowest BCUT2D eigenvalue weighted by Crippen LogP contribution is -2.73. The molecular formula is C12H12F3N3O2. The van der Waals surface area contributed by atoms with Crippen LogP contribution in [0.1, 0.15) is 5.56 Å². The molecule has 108 valence electrons. The van der Waals surface area contributed by atoms with E-state index >= 15 is 0 Å². The summed E-state index contributed by atoms with van der Waals surface area (Å²) in [5.74, 6) is 0. The predicted octanol–water partition coefficient (Wildman–Crippen LogP) is 2.11. The van der Waals surface area contributed by atoms with E-state index in [1.165, 1.54) is 24.3 Å². The molecule has 1 atom stereocenters. The number of nitrogens with one attached hydrogen (secondary N) is 1. The van der Waals surface area contributed by atoms with Crippen LogP contribution in [0.3, 0.4) is 0 Å². The fraction of sp³-hybridized carbons (Fsp3) is 0.333. The molecule has 0 radical (unpaired) electrons. The monoisotopic (exact) mass is 287 g/mol. The van der Waals surface area contributed by atoms with Gasteiger partial charge >= 0.3 is 18.2 Å². The maximum atomic E-state index is 13.6. The Hall–Kier alpha value is -2.25. The van der Waals surface area contributed by atoms with E-state index in [4.69, 9.17) is 0 Å². The summed E-state index contributed by atoms with van der Waals surface area (Å²) in [6, 6.07) is 4.65. The van der Waals surface area contributed by atoms with Crippen LogP contribution in [0.2, 0.25) is 0 Å². The van der Waals surface area contributed by atoms with Crippen molar-refractivity contribution >= 4 is 12.1 Å². The van der Waals surface area contributed by atoms with Crippen molar-refractivity contribution in [2.45, 2.75) is 11.8 Å². The van der Waals surface area contributed by atoms with Gasteiger partial charge in [-0.05, 0) is 0 Å². The van der Waals surface area contributed by atoms with E-state index in [1.54, 1.807) is 6.07 Å². The number of carbonyl (C=O) groups is 2. The number of hydrogen-bond donors (Lipinski definition) is 1. The molecule has 0 bridgehead atoms. The molecule has 0 aliphatic carbocycles. The summed E-state index contributed by atoms with van der Waals surface area (Å²) in [6.07, 6.45) is -4.87. The number of alkyl halides is 3.